The van der Waals surface area contributed by atoms with Gasteiger partial charge in [-0.15, -0.1) is 4.63 Å². The van der Waals surface area contributed by atoms with Gasteiger partial charge < -0.3 is 10.1 Å². The van der Waals surface area contributed by atoms with Gasteiger partial charge in [0.25, 0.3) is 5.69 Å². The van der Waals surface area contributed by atoms with Crippen LogP contribution in [0.5, 0.6) is 0 Å². The molecule has 10 nitrogen and oxygen atoms in total. The number of benzene rings is 1. The van der Waals surface area contributed by atoms with Gasteiger partial charge in [-0.3, -0.25) is 9.51 Å². The Kier molecular flexibility index (Phi) is 3.66. The fourth-order valence-electron chi connectivity index (χ4n) is 1.95. The van der Waals surface area contributed by atoms with Gasteiger partial charge in [-0.25, -0.2) is 9.18 Å². The molecule has 0 saturated carbocycles. The van der Waals surface area contributed by atoms with E-state index in [4.69, 9.17) is 0 Å². The third-order valence-electron chi connectivity index (χ3n) is 3.14. The van der Waals surface area contributed by atoms with E-state index >= 15 is 0 Å². The predicted octanol–water partition coefficient (Wildman–Crippen LogP) is 1.25. The molecule has 0 amide bonds. The molecule has 1 aliphatic carbocycles. The van der Waals surface area contributed by atoms with Gasteiger partial charge in [0.2, 0.25) is 5.82 Å². The third kappa shape index (κ3) is 2.97. The minimum atomic E-state index is -0.850. The van der Waals surface area contributed by atoms with Crippen molar-refractivity contribution in [1.82, 2.24) is 20.5 Å². The molecule has 118 valence electrons. The molecule has 0 radical (unpaired) electrons. The van der Waals surface area contributed by atoms with E-state index < -0.39 is 16.5 Å². The zero-order valence-corrected chi connectivity index (χ0v) is 11.4. The normalized spacial score (nSPS) is 11.9. The molecule has 1 aliphatic rings. The van der Waals surface area contributed by atoms with E-state index in [1.54, 1.807) is 6.07 Å². The summed E-state index contributed by atoms with van der Waals surface area (Å²) >= 11 is 0. The molecule has 2 aromatic heterocycles. The van der Waals surface area contributed by atoms with Gasteiger partial charge in [-0.2, -0.15) is 0 Å². The summed E-state index contributed by atoms with van der Waals surface area (Å²) in [5, 5.41) is 19.8. The van der Waals surface area contributed by atoms with Crippen molar-refractivity contribution < 1.29 is 18.5 Å². The van der Waals surface area contributed by atoms with Crippen LogP contribution in [0.4, 0.5) is 10.2 Å². The standard InChI is InChI=1S/C8H7F.C4HN5O5/c9-8-4-3-6-1-2-7(6)5-8;10-4-5-2(7-13-4)1-3(9(11)12)8-14-6-1/h3-5H,1-2H2;(H,5,7,10). The number of fused-ring (bicyclic) bond motifs is 1. The predicted molar refractivity (Wildman–Crippen MR) is 70.9 cm³/mol. The number of nitrogens with zero attached hydrogens (tertiary/aromatic N) is 4. The number of rotatable bonds is 2. The van der Waals surface area contributed by atoms with Crippen molar-refractivity contribution >= 4 is 5.82 Å². The number of aromatic nitrogens is 4. The molecule has 1 aromatic carbocycles. The number of aryl methyl sites for hydroxylation is 2. The topological polar surface area (TPSA) is 141 Å². The highest BCUT2D eigenvalue weighted by Crippen LogP contribution is 2.22. The molecule has 0 aliphatic heterocycles. The molecule has 0 bridgehead atoms. The van der Waals surface area contributed by atoms with Crippen LogP contribution >= 0.6 is 0 Å². The Morgan fingerprint density at radius 2 is 2.00 bits per heavy atom. The lowest BCUT2D eigenvalue weighted by atomic mass is 9.89. The lowest BCUT2D eigenvalue weighted by molar-refractivity contribution is -0.390. The van der Waals surface area contributed by atoms with Crippen LogP contribution in [-0.2, 0) is 12.8 Å². The van der Waals surface area contributed by atoms with E-state index in [0.29, 0.717) is 0 Å². The number of halogens is 1. The van der Waals surface area contributed by atoms with Crippen molar-refractivity contribution in [2.24, 2.45) is 0 Å². The lowest BCUT2D eigenvalue weighted by Crippen LogP contribution is -2.07. The molecule has 0 fully saturated rings. The van der Waals surface area contributed by atoms with Gasteiger partial charge in [-0.1, -0.05) is 11.2 Å². The van der Waals surface area contributed by atoms with Gasteiger partial charge in [0.05, 0.1) is 0 Å². The highest BCUT2D eigenvalue weighted by atomic mass is 19.1. The fourth-order valence-corrected chi connectivity index (χ4v) is 1.95. The molecule has 0 saturated heterocycles. The van der Waals surface area contributed by atoms with Gasteiger partial charge in [-0.05, 0) is 46.2 Å². The summed E-state index contributed by atoms with van der Waals surface area (Å²) in [6.07, 6.45) is 2.20. The summed E-state index contributed by atoms with van der Waals surface area (Å²) in [4.78, 5) is 22.1. The molecule has 0 atom stereocenters. The van der Waals surface area contributed by atoms with Gasteiger partial charge >= 0.3 is 11.6 Å². The van der Waals surface area contributed by atoms with Crippen molar-refractivity contribution in [2.45, 2.75) is 12.8 Å². The molecule has 3 aromatic rings. The number of nitrogens with one attached hydrogen (secondary N) is 1. The number of hydrogen-bond acceptors (Lipinski definition) is 8. The molecule has 11 heteroatoms. The van der Waals surface area contributed by atoms with Crippen LogP contribution in [0.3, 0.4) is 0 Å². The minimum Gasteiger partial charge on any atom is -0.358 e. The van der Waals surface area contributed by atoms with Crippen molar-refractivity contribution in [3.63, 3.8) is 0 Å². The first-order chi connectivity index (χ1) is 11.0. The number of H-pyrrole nitrogens is 1. The first kappa shape index (κ1) is 14.6. The molecular weight excluding hydrogens is 313 g/mol. The first-order valence-electron chi connectivity index (χ1n) is 6.35. The van der Waals surface area contributed by atoms with Crippen molar-refractivity contribution in [1.29, 1.82) is 0 Å². The molecule has 23 heavy (non-hydrogen) atoms. The quantitative estimate of drug-likeness (QED) is 0.549. The Morgan fingerprint density at radius 3 is 2.52 bits per heavy atom. The monoisotopic (exact) mass is 321 g/mol. The second-order valence-electron chi connectivity index (χ2n) is 4.55. The number of nitro groups is 1. The van der Waals surface area contributed by atoms with Gasteiger partial charge in [0.1, 0.15) is 5.82 Å². The smallest absolute Gasteiger partial charge is 0.358 e. The maximum absolute atomic E-state index is 12.4. The average Bonchev–Trinajstić information content (AvgIpc) is 3.11. The van der Waals surface area contributed by atoms with Crippen LogP contribution in [-0.4, -0.2) is 25.4 Å². The second-order valence-corrected chi connectivity index (χ2v) is 4.55. The zero-order chi connectivity index (χ0) is 16.4. The summed E-state index contributed by atoms with van der Waals surface area (Å²) in [7, 11) is 0. The van der Waals surface area contributed by atoms with Crippen LogP contribution in [0.25, 0.3) is 11.5 Å². The van der Waals surface area contributed by atoms with Crippen LogP contribution in [0.15, 0.2) is 32.1 Å². The Morgan fingerprint density at radius 1 is 1.22 bits per heavy atom. The van der Waals surface area contributed by atoms with Crippen molar-refractivity contribution in [3.05, 3.63) is 55.8 Å². The summed E-state index contributed by atoms with van der Waals surface area (Å²) in [5.41, 5.74) is 2.22. The Bertz CT molecular complexity index is 914. The van der Waals surface area contributed by atoms with Gasteiger partial charge in [0, 0.05) is 0 Å². The van der Waals surface area contributed by atoms with E-state index in [2.05, 4.69) is 29.6 Å². The number of hydrogen-bond donors (Lipinski definition) is 1. The first-order valence-corrected chi connectivity index (χ1v) is 6.35. The Balaban J connectivity index is 0.000000149. The second kappa shape index (κ2) is 5.79. The van der Waals surface area contributed by atoms with Crippen LogP contribution in [0.1, 0.15) is 11.1 Å². The van der Waals surface area contributed by atoms with E-state index in [-0.39, 0.29) is 17.3 Å². The third-order valence-corrected chi connectivity index (χ3v) is 3.14. The van der Waals surface area contributed by atoms with E-state index in [0.717, 1.165) is 12.8 Å². The lowest BCUT2D eigenvalue weighted by Gasteiger charge is -2.17. The largest absolute Gasteiger partial charge is 0.446 e. The molecule has 2 heterocycles. The zero-order valence-electron chi connectivity index (χ0n) is 11.4. The summed E-state index contributed by atoms with van der Waals surface area (Å²) in [5.74, 6) is -1.80. The van der Waals surface area contributed by atoms with Crippen LogP contribution < -0.4 is 5.76 Å². The average molecular weight is 321 g/mol. The van der Waals surface area contributed by atoms with E-state index in [1.807, 2.05) is 6.07 Å². The molecule has 0 unspecified atom stereocenters. The molecule has 0 spiro atoms. The maximum atomic E-state index is 12.4. The van der Waals surface area contributed by atoms with Crippen molar-refractivity contribution in [2.75, 3.05) is 0 Å². The molecular formula is C12H8FN5O5. The summed E-state index contributed by atoms with van der Waals surface area (Å²) in [6, 6.07) is 5.02. The molecule has 4 rings (SSSR count). The van der Waals surface area contributed by atoms with Crippen LogP contribution in [0, 0.1) is 15.9 Å². The Hall–Kier alpha value is -3.37. The molecule has 1 N–H and O–H groups in total. The van der Waals surface area contributed by atoms with Gasteiger partial charge in [0.15, 0.2) is 5.16 Å². The SMILES string of the molecule is Fc1ccc2c(c1)CC2.O=c1[nH]c(-c2nonc2[N+](=O)[O-])no1. The highest BCUT2D eigenvalue weighted by molar-refractivity contribution is 5.57. The fraction of sp³-hybridized carbons (Fsp3) is 0.167. The highest BCUT2D eigenvalue weighted by Gasteiger charge is 2.26. The van der Waals surface area contributed by atoms with E-state index in [9.17, 15) is 19.3 Å². The summed E-state index contributed by atoms with van der Waals surface area (Å²) < 4.78 is 20.6. The van der Waals surface area contributed by atoms with Crippen molar-refractivity contribution in [3.8, 4) is 11.5 Å². The maximum Gasteiger partial charge on any atom is 0.446 e. The Labute approximate surface area is 126 Å². The summed E-state index contributed by atoms with van der Waals surface area (Å²) in [6.45, 7) is 0. The minimum absolute atomic E-state index is 0.103. The van der Waals surface area contributed by atoms with E-state index in [1.165, 1.54) is 17.2 Å². The van der Waals surface area contributed by atoms with Crippen LogP contribution in [0.2, 0.25) is 0 Å². The number of aromatic amines is 1.